The quantitative estimate of drug-likeness (QED) is 0.367. The molecule has 14 heteroatoms. The number of aromatic nitrogens is 4. The summed E-state index contributed by atoms with van der Waals surface area (Å²) in [7, 11) is 0. The van der Waals surface area contributed by atoms with Crippen LogP contribution in [-0.2, 0) is 17.4 Å². The van der Waals surface area contributed by atoms with Gasteiger partial charge >= 0.3 is 18.3 Å². The first-order valence-electron chi connectivity index (χ1n) is 10.4. The Kier molecular flexibility index (Phi) is 6.67. The fourth-order valence-corrected chi connectivity index (χ4v) is 3.56. The molecule has 0 spiro atoms. The number of hydrogen-bond donors (Lipinski definition) is 1. The molecule has 1 N–H and O–H groups in total. The van der Waals surface area contributed by atoms with Gasteiger partial charge in [0.05, 0.1) is 16.6 Å². The molecule has 37 heavy (non-hydrogen) atoms. The zero-order chi connectivity index (χ0) is 27.0. The number of halogens is 7. The molecular formula is C23H14F7N5O2. The predicted octanol–water partition coefficient (Wildman–Crippen LogP) is 5.08. The standard InChI is InChI=1S/C23H14F7N5O2/c24-15(11-12-5-2-1-3-6-12)35-19(17-14(7-4-9-31-17)34-21(37)23(28,29)30)33-13-8-10-32-18(22(25,26)27)16(13)20(35)36/h1-10,15H,11H2,(H,34,37). The number of alkyl halides is 7. The van der Waals surface area contributed by atoms with Gasteiger partial charge in [-0.2, -0.15) is 26.3 Å². The largest absolute Gasteiger partial charge is 0.471 e. The van der Waals surface area contributed by atoms with Crippen LogP contribution in [0.4, 0.5) is 36.4 Å². The maximum Gasteiger partial charge on any atom is 0.471 e. The maximum absolute atomic E-state index is 15.7. The molecular weight excluding hydrogens is 511 g/mol. The minimum atomic E-state index is -5.30. The van der Waals surface area contributed by atoms with E-state index in [0.29, 0.717) is 5.56 Å². The Morgan fingerprint density at radius 3 is 2.30 bits per heavy atom. The molecule has 0 bridgehead atoms. The topological polar surface area (TPSA) is 89.8 Å². The molecule has 0 radical (unpaired) electrons. The molecule has 0 aliphatic heterocycles. The Balaban J connectivity index is 2.00. The normalized spacial score (nSPS) is 12.9. The number of fused-ring (bicyclic) bond motifs is 1. The molecule has 0 fully saturated rings. The maximum atomic E-state index is 15.7. The third-order valence-corrected chi connectivity index (χ3v) is 5.14. The fraction of sp³-hybridized carbons (Fsp3) is 0.174. The number of benzene rings is 1. The number of anilines is 1. The summed E-state index contributed by atoms with van der Waals surface area (Å²) in [5, 5.41) is 0.536. The van der Waals surface area contributed by atoms with E-state index in [1.807, 2.05) is 0 Å². The number of rotatable bonds is 5. The average Bonchev–Trinajstić information content (AvgIpc) is 2.83. The lowest BCUT2D eigenvalue weighted by Gasteiger charge is -2.20. The van der Waals surface area contributed by atoms with Gasteiger partial charge in [0.1, 0.15) is 5.69 Å². The van der Waals surface area contributed by atoms with Crippen molar-refractivity contribution in [2.24, 2.45) is 0 Å². The van der Waals surface area contributed by atoms with Gasteiger partial charge in [-0.1, -0.05) is 30.3 Å². The lowest BCUT2D eigenvalue weighted by Crippen LogP contribution is -2.31. The van der Waals surface area contributed by atoms with Crippen molar-refractivity contribution < 1.29 is 35.5 Å². The predicted molar refractivity (Wildman–Crippen MR) is 117 cm³/mol. The van der Waals surface area contributed by atoms with Gasteiger partial charge < -0.3 is 5.32 Å². The lowest BCUT2D eigenvalue weighted by molar-refractivity contribution is -0.167. The van der Waals surface area contributed by atoms with Gasteiger partial charge in [0.15, 0.2) is 17.8 Å². The number of pyridine rings is 2. The summed E-state index contributed by atoms with van der Waals surface area (Å²) in [4.78, 5) is 35.9. The summed E-state index contributed by atoms with van der Waals surface area (Å²) in [6.45, 7) is 0. The summed E-state index contributed by atoms with van der Waals surface area (Å²) in [6, 6.07) is 10.9. The number of hydrogen-bond acceptors (Lipinski definition) is 5. The Hall–Kier alpha value is -4.36. The minimum absolute atomic E-state index is 0.262. The lowest BCUT2D eigenvalue weighted by atomic mass is 10.1. The summed E-state index contributed by atoms with van der Waals surface area (Å²) in [6.07, 6.45) is -11.4. The second-order valence-corrected chi connectivity index (χ2v) is 7.64. The van der Waals surface area contributed by atoms with E-state index < -0.39 is 70.3 Å². The first-order chi connectivity index (χ1) is 17.4. The van der Waals surface area contributed by atoms with Crippen molar-refractivity contribution in [3.05, 3.63) is 82.5 Å². The van der Waals surface area contributed by atoms with Crippen LogP contribution in [0.5, 0.6) is 0 Å². The number of carbonyl (C=O) groups excluding carboxylic acids is 1. The van der Waals surface area contributed by atoms with Gasteiger partial charge in [-0.05, 0) is 23.8 Å². The highest BCUT2D eigenvalue weighted by atomic mass is 19.4. The molecule has 1 atom stereocenters. The van der Waals surface area contributed by atoms with Crippen LogP contribution in [0.15, 0.2) is 65.7 Å². The summed E-state index contributed by atoms with van der Waals surface area (Å²) >= 11 is 0. The van der Waals surface area contributed by atoms with Gasteiger partial charge in [-0.15, -0.1) is 0 Å². The van der Waals surface area contributed by atoms with Crippen molar-refractivity contribution in [3.8, 4) is 11.5 Å². The smallest absolute Gasteiger partial charge is 0.316 e. The Morgan fingerprint density at radius 1 is 0.946 bits per heavy atom. The zero-order valence-corrected chi connectivity index (χ0v) is 18.3. The van der Waals surface area contributed by atoms with Crippen LogP contribution in [0.2, 0.25) is 0 Å². The molecule has 4 aromatic rings. The van der Waals surface area contributed by atoms with E-state index in [9.17, 15) is 35.9 Å². The second kappa shape index (κ2) is 9.59. The van der Waals surface area contributed by atoms with Crippen LogP contribution < -0.4 is 10.9 Å². The van der Waals surface area contributed by atoms with Crippen molar-refractivity contribution in [1.82, 2.24) is 19.5 Å². The van der Waals surface area contributed by atoms with Crippen LogP contribution in [0, 0.1) is 0 Å². The number of amides is 1. The van der Waals surface area contributed by atoms with E-state index in [2.05, 4.69) is 15.0 Å². The SMILES string of the molecule is O=C(Nc1cccnc1-c1nc2ccnc(C(F)(F)F)c2c(=O)n1C(F)Cc1ccccc1)C(F)(F)F. The monoisotopic (exact) mass is 525 g/mol. The zero-order valence-electron chi connectivity index (χ0n) is 18.3. The van der Waals surface area contributed by atoms with Crippen molar-refractivity contribution in [2.75, 3.05) is 5.32 Å². The Morgan fingerprint density at radius 2 is 1.65 bits per heavy atom. The summed E-state index contributed by atoms with van der Waals surface area (Å²) < 4.78 is 95.4. The molecule has 0 aliphatic rings. The van der Waals surface area contributed by atoms with Crippen LogP contribution in [0.25, 0.3) is 22.4 Å². The summed E-state index contributed by atoms with van der Waals surface area (Å²) in [5.41, 5.74) is -4.45. The second-order valence-electron chi connectivity index (χ2n) is 7.64. The van der Waals surface area contributed by atoms with Gasteiger partial charge in [0, 0.05) is 18.8 Å². The Labute approximate surface area is 202 Å². The number of carbonyl (C=O) groups is 1. The minimum Gasteiger partial charge on any atom is -0.316 e. The first-order valence-corrected chi connectivity index (χ1v) is 10.4. The van der Waals surface area contributed by atoms with E-state index in [1.54, 1.807) is 23.5 Å². The molecule has 1 amide bonds. The third kappa shape index (κ3) is 5.27. The highest BCUT2D eigenvalue weighted by Crippen LogP contribution is 2.34. The summed E-state index contributed by atoms with van der Waals surface area (Å²) in [5.74, 6) is -3.08. The molecule has 192 valence electrons. The van der Waals surface area contributed by atoms with Crippen LogP contribution in [-0.4, -0.2) is 31.6 Å². The first kappa shape index (κ1) is 25.7. The number of nitrogens with one attached hydrogen (secondary N) is 1. The molecule has 3 aromatic heterocycles. The van der Waals surface area contributed by atoms with Crippen molar-refractivity contribution in [1.29, 1.82) is 0 Å². The molecule has 1 unspecified atom stereocenters. The van der Waals surface area contributed by atoms with Crippen LogP contribution >= 0.6 is 0 Å². The molecule has 0 saturated carbocycles. The van der Waals surface area contributed by atoms with Crippen molar-refractivity contribution in [3.63, 3.8) is 0 Å². The van der Waals surface area contributed by atoms with Crippen molar-refractivity contribution in [2.45, 2.75) is 25.1 Å². The molecule has 3 heterocycles. The van der Waals surface area contributed by atoms with Gasteiger partial charge in [0.2, 0.25) is 0 Å². The third-order valence-electron chi connectivity index (χ3n) is 5.14. The highest BCUT2D eigenvalue weighted by Gasteiger charge is 2.40. The molecule has 7 nitrogen and oxygen atoms in total. The molecule has 0 aliphatic carbocycles. The van der Waals surface area contributed by atoms with Gasteiger partial charge in [-0.25, -0.2) is 9.37 Å². The van der Waals surface area contributed by atoms with Gasteiger partial charge in [-0.3, -0.25) is 24.1 Å². The van der Waals surface area contributed by atoms with E-state index >= 15 is 4.39 Å². The van der Waals surface area contributed by atoms with Gasteiger partial charge in [0.25, 0.3) is 5.56 Å². The van der Waals surface area contributed by atoms with E-state index in [4.69, 9.17) is 0 Å². The van der Waals surface area contributed by atoms with Crippen molar-refractivity contribution >= 4 is 22.5 Å². The molecule has 1 aromatic carbocycles. The number of nitrogens with zero attached hydrogens (tertiary/aromatic N) is 4. The molecule has 0 saturated heterocycles. The van der Waals surface area contributed by atoms with E-state index in [-0.39, 0.29) is 4.57 Å². The van der Waals surface area contributed by atoms with E-state index in [0.717, 1.165) is 30.6 Å². The van der Waals surface area contributed by atoms with Crippen LogP contribution in [0.1, 0.15) is 17.6 Å². The fourth-order valence-electron chi connectivity index (χ4n) is 3.56. The average molecular weight is 525 g/mol. The molecule has 4 rings (SSSR count). The highest BCUT2D eigenvalue weighted by molar-refractivity contribution is 5.97. The van der Waals surface area contributed by atoms with Crippen LogP contribution in [0.3, 0.4) is 0 Å². The van der Waals surface area contributed by atoms with E-state index in [1.165, 1.54) is 12.1 Å². The Bertz CT molecular complexity index is 1520.